The molecule has 1 atom stereocenters. The molecular formula is C15H21NO3. The van der Waals surface area contributed by atoms with Crippen molar-refractivity contribution in [1.82, 2.24) is 5.32 Å². The molecule has 19 heavy (non-hydrogen) atoms. The van der Waals surface area contributed by atoms with Gasteiger partial charge in [-0.25, -0.2) is 0 Å². The summed E-state index contributed by atoms with van der Waals surface area (Å²) in [6, 6.07) is 6.21. The number of ether oxygens (including phenoxy) is 1. The number of hydrogen-bond acceptors (Lipinski definition) is 3. The molecule has 1 rings (SSSR count). The molecule has 0 aliphatic rings. The van der Waals surface area contributed by atoms with E-state index in [1.165, 1.54) is 12.1 Å². The topological polar surface area (TPSA) is 55.4 Å². The largest absolute Gasteiger partial charge is 0.384 e. The highest BCUT2D eigenvalue weighted by atomic mass is 16.5. The maximum Gasteiger partial charge on any atom is 0.226 e. The van der Waals surface area contributed by atoms with Crippen LogP contribution in [0, 0.1) is 12.8 Å². The maximum absolute atomic E-state index is 12.5. The Morgan fingerprint density at radius 3 is 2.68 bits per heavy atom. The lowest BCUT2D eigenvalue weighted by molar-refractivity contribution is -0.130. The fraction of sp³-hybridized carbons (Fsp3) is 0.467. The number of nitrogens with one attached hydrogen (secondary N) is 1. The lowest BCUT2D eigenvalue weighted by Gasteiger charge is -2.14. The fourth-order valence-corrected chi connectivity index (χ4v) is 1.40. The molecule has 0 radical (unpaired) electrons. The van der Waals surface area contributed by atoms with Gasteiger partial charge in [-0.15, -0.1) is 0 Å². The van der Waals surface area contributed by atoms with Crippen molar-refractivity contribution in [1.29, 1.82) is 0 Å². The second-order valence-corrected chi connectivity index (χ2v) is 4.16. The monoisotopic (exact) mass is 270 g/mol. The second-order valence-electron chi connectivity index (χ2n) is 4.16. The average molecular weight is 270 g/mol. The van der Waals surface area contributed by atoms with Crippen LogP contribution in [0.15, 0.2) is 24.3 Å². The fourth-order valence-electron chi connectivity index (χ4n) is 1.40. The van der Waals surface area contributed by atoms with E-state index in [4.69, 9.17) is 9.60 Å². The van der Waals surface area contributed by atoms with Crippen LogP contribution in [0.2, 0.25) is 0 Å². The van der Waals surface area contributed by atoms with Gasteiger partial charge in [0.25, 0.3) is 0 Å². The smallest absolute Gasteiger partial charge is 0.226 e. The lowest BCUT2D eigenvalue weighted by atomic mass is 10.0. The lowest BCUT2D eigenvalue weighted by Crippen LogP contribution is -2.33. The first kappa shape index (κ1) is 7.80. The molecule has 0 saturated heterocycles. The van der Waals surface area contributed by atoms with Crippen LogP contribution < -0.4 is 5.32 Å². The number of Topliss-reactive ketones (excluding diaryl/α,β-unsaturated/α-hetero) is 1. The number of carbonyl (C=O) groups is 2. The minimum Gasteiger partial charge on any atom is -0.384 e. The average Bonchev–Trinajstić information content (AvgIpc) is 2.41. The Kier molecular flexibility index (Phi) is 3.16. The molecule has 0 spiro atoms. The number of benzene rings is 1. The predicted molar refractivity (Wildman–Crippen MR) is 73.7 cm³/mol. The maximum atomic E-state index is 12.5. The van der Waals surface area contributed by atoms with Gasteiger partial charge in [-0.3, -0.25) is 4.79 Å². The van der Waals surface area contributed by atoms with Gasteiger partial charge >= 0.3 is 0 Å². The van der Waals surface area contributed by atoms with E-state index in [9.17, 15) is 9.59 Å². The van der Waals surface area contributed by atoms with Gasteiger partial charge < -0.3 is 14.8 Å². The van der Waals surface area contributed by atoms with Gasteiger partial charge in [0.2, 0.25) is 5.91 Å². The van der Waals surface area contributed by atoms with Gasteiger partial charge in [0.05, 0.1) is 22.1 Å². The van der Waals surface area contributed by atoms with Crippen molar-refractivity contribution >= 4 is 11.7 Å². The third kappa shape index (κ3) is 5.66. The highest BCUT2D eigenvalue weighted by Gasteiger charge is 2.19. The molecule has 0 aromatic heterocycles. The molecule has 4 heteroatoms. The standard InChI is InChI=1S/C15H21NO3/c1-11-4-6-13(7-5-11)9-16-15(18)14(10-19-3)8-12(2)17/h4-7,14H,8-10H2,1-3H3,(H,16,18)/i3D3,9D2,10D2. The van der Waals surface area contributed by atoms with Gasteiger partial charge in [-0.05, 0) is 19.4 Å². The Labute approximate surface area is 124 Å². The Bertz CT molecular complexity index is 656. The summed E-state index contributed by atoms with van der Waals surface area (Å²) in [6.45, 7) is -2.43. The molecule has 104 valence electrons. The summed E-state index contributed by atoms with van der Waals surface area (Å²) in [5.74, 6) is -3.57. The Balaban J connectivity index is 3.08. The van der Waals surface area contributed by atoms with Gasteiger partial charge in [-0.1, -0.05) is 29.8 Å². The van der Waals surface area contributed by atoms with Crippen LogP contribution in [0.4, 0.5) is 0 Å². The SMILES string of the molecule is [2H]C([2H])([2H])OC([2H])([2H])C(CC(C)=O)C(=O)NC([2H])([2H])c1ccc(C)cc1. The number of methoxy groups -OCH3 is 1. The molecule has 0 aliphatic heterocycles. The number of hydrogen-bond donors (Lipinski definition) is 1. The summed E-state index contributed by atoms with van der Waals surface area (Å²) in [6.07, 6.45) is -0.640. The van der Waals surface area contributed by atoms with Gasteiger partial charge in [0.15, 0.2) is 0 Å². The van der Waals surface area contributed by atoms with Crippen molar-refractivity contribution < 1.29 is 23.9 Å². The summed E-state index contributed by atoms with van der Waals surface area (Å²) in [7, 11) is -3.13. The highest BCUT2D eigenvalue weighted by molar-refractivity contribution is 5.85. The Morgan fingerprint density at radius 2 is 2.11 bits per heavy atom. The van der Waals surface area contributed by atoms with Crippen LogP contribution in [0.1, 0.15) is 34.1 Å². The highest BCUT2D eigenvalue weighted by Crippen LogP contribution is 2.07. The predicted octanol–water partition coefficient (Wildman–Crippen LogP) is 1.85. The van der Waals surface area contributed by atoms with Crippen LogP contribution >= 0.6 is 0 Å². The van der Waals surface area contributed by atoms with E-state index in [1.807, 2.05) is 12.2 Å². The molecule has 0 aliphatic carbocycles. The number of ketones is 1. The van der Waals surface area contributed by atoms with Gasteiger partial charge in [-0.2, -0.15) is 0 Å². The summed E-state index contributed by atoms with van der Waals surface area (Å²) < 4.78 is 56.9. The molecule has 1 N–H and O–H groups in total. The van der Waals surface area contributed by atoms with Crippen LogP contribution in [-0.2, 0) is 20.8 Å². The van der Waals surface area contributed by atoms with E-state index in [0.717, 1.165) is 12.5 Å². The number of rotatable bonds is 7. The first-order chi connectivity index (χ1) is 11.6. The zero-order valence-electron chi connectivity index (χ0n) is 17.8. The molecule has 0 heterocycles. The van der Waals surface area contributed by atoms with Crippen molar-refractivity contribution in [2.75, 3.05) is 13.6 Å². The number of aryl methyl sites for hydroxylation is 1. The van der Waals surface area contributed by atoms with Crippen LogP contribution in [0.25, 0.3) is 0 Å². The van der Waals surface area contributed by atoms with E-state index in [0.29, 0.717) is 0 Å². The van der Waals surface area contributed by atoms with Crippen LogP contribution in [-0.4, -0.2) is 25.3 Å². The number of carbonyl (C=O) groups excluding carboxylic acids is 2. The molecule has 1 amide bonds. The van der Waals surface area contributed by atoms with E-state index in [2.05, 4.69) is 4.74 Å². The third-order valence-electron chi connectivity index (χ3n) is 2.39. The molecule has 0 fully saturated rings. The molecule has 4 nitrogen and oxygen atoms in total. The van der Waals surface area contributed by atoms with Crippen molar-refractivity contribution in [3.63, 3.8) is 0 Å². The van der Waals surface area contributed by atoms with E-state index in [1.54, 1.807) is 12.1 Å². The molecule has 0 bridgehead atoms. The van der Waals surface area contributed by atoms with Crippen molar-refractivity contribution in [2.45, 2.75) is 26.8 Å². The molecule has 1 aromatic carbocycles. The second kappa shape index (κ2) is 7.69. The minimum absolute atomic E-state index is 0.121. The molecule has 0 saturated carbocycles. The molecule has 1 aromatic rings. The van der Waals surface area contributed by atoms with Crippen molar-refractivity contribution in [3.8, 4) is 0 Å². The zero-order valence-corrected chi connectivity index (χ0v) is 10.8. The normalized spacial score (nSPS) is 19.6. The molecular weight excluding hydrogens is 242 g/mol. The van der Waals surface area contributed by atoms with Gasteiger partial charge in [0.1, 0.15) is 5.78 Å². The minimum atomic E-state index is -3.13. The first-order valence-corrected chi connectivity index (χ1v) is 5.73. The number of amides is 1. The summed E-state index contributed by atoms with van der Waals surface area (Å²) in [5, 5.41) is 2.03. The van der Waals surface area contributed by atoms with Gasteiger partial charge in [0, 0.05) is 20.0 Å². The van der Waals surface area contributed by atoms with Crippen molar-refractivity contribution in [3.05, 3.63) is 35.4 Å². The van der Waals surface area contributed by atoms with Crippen molar-refractivity contribution in [2.24, 2.45) is 5.92 Å². The third-order valence-corrected chi connectivity index (χ3v) is 2.39. The zero-order chi connectivity index (χ0) is 20.3. The van der Waals surface area contributed by atoms with Crippen LogP contribution in [0.3, 0.4) is 0 Å². The Hall–Kier alpha value is -1.68. The summed E-state index contributed by atoms with van der Waals surface area (Å²) in [5.41, 5.74) is 1.00. The summed E-state index contributed by atoms with van der Waals surface area (Å²) >= 11 is 0. The van der Waals surface area contributed by atoms with E-state index >= 15 is 0 Å². The van der Waals surface area contributed by atoms with E-state index in [-0.39, 0.29) is 5.56 Å². The summed E-state index contributed by atoms with van der Waals surface area (Å²) in [4.78, 5) is 23.9. The van der Waals surface area contributed by atoms with E-state index < -0.39 is 44.1 Å². The van der Waals surface area contributed by atoms with Crippen LogP contribution in [0.5, 0.6) is 0 Å². The quantitative estimate of drug-likeness (QED) is 0.822. The Morgan fingerprint density at radius 1 is 1.42 bits per heavy atom. The molecule has 1 unspecified atom stereocenters. The first-order valence-electron chi connectivity index (χ1n) is 9.23.